The van der Waals surface area contributed by atoms with Crippen molar-refractivity contribution in [3.05, 3.63) is 194 Å². The van der Waals surface area contributed by atoms with Crippen LogP contribution >= 0.6 is 90.5 Å². The minimum atomic E-state index is -0.508. The van der Waals surface area contributed by atoms with E-state index in [0.29, 0.717) is 0 Å². The summed E-state index contributed by atoms with van der Waals surface area (Å²) in [6.07, 6.45) is 82.9. The van der Waals surface area contributed by atoms with Crippen molar-refractivity contribution in [1.29, 1.82) is 0 Å². The summed E-state index contributed by atoms with van der Waals surface area (Å²) in [6.45, 7) is 9.31. The lowest BCUT2D eigenvalue weighted by molar-refractivity contribution is 0.535. The van der Waals surface area contributed by atoms with E-state index >= 15 is 0 Å². The smallest absolute Gasteiger partial charge is 0.0736 e. The van der Waals surface area contributed by atoms with E-state index in [9.17, 15) is 0 Å². The second kappa shape index (κ2) is 51.6. The minimum absolute atomic E-state index is 0.508. The fourth-order valence-corrected chi connectivity index (χ4v) is 27.3. The Kier molecular flexibility index (Phi) is 41.5. The first kappa shape index (κ1) is 91.6. The topological polar surface area (TPSA) is 0 Å². The quantitative estimate of drug-likeness (QED) is 0.0263. The highest BCUT2D eigenvalue weighted by molar-refractivity contribution is 14.1. The summed E-state index contributed by atoms with van der Waals surface area (Å²) in [5, 5.41) is 0. The summed E-state index contributed by atoms with van der Waals surface area (Å²) in [7, 11) is 0. The first-order valence-corrected chi connectivity index (χ1v) is 53.8. The number of hydrogen-bond acceptors (Lipinski definition) is 4. The Hall–Kier alpha value is -3.12. The Morgan fingerprint density at radius 1 is 0.219 bits per heavy atom. The molecule has 0 bridgehead atoms. The van der Waals surface area contributed by atoms with Crippen LogP contribution in [0.4, 0.5) is 0 Å². The molecule has 0 nitrogen and oxygen atoms in total. The molecule has 4 heterocycles. The third kappa shape index (κ3) is 26.0. The van der Waals surface area contributed by atoms with Gasteiger partial charge in [-0.1, -0.05) is 459 Å². The summed E-state index contributed by atoms with van der Waals surface area (Å²) < 4.78 is 8.61. The SMILES string of the molecule is CCCCCCCCCCCCCCCCc1ccc(C2(c3ccc(CCCCCCCCCCCCCCCC)cc3)c3cc4c(cc3-c3sc5cc(I)sc5c32)C(c2ccc(CCCCCCCCCCCCCCCC)cc2)(c2ccc(CCCCCCCCCCCCCCCC)cc2)c2c-4sc3cc(I)sc23)cc1. The van der Waals surface area contributed by atoms with Gasteiger partial charge in [0.05, 0.1) is 26.0 Å². The molecular weight excluding hydrogens is 1680 g/mol. The summed E-state index contributed by atoms with van der Waals surface area (Å²) in [5.41, 5.74) is 19.5. The zero-order valence-corrected chi connectivity index (χ0v) is 79.9. The predicted octanol–water partition coefficient (Wildman–Crippen LogP) is 38.3. The molecule has 6 heteroatoms. The minimum Gasteiger partial charge on any atom is -0.134 e. The molecule has 0 N–H and O–H groups in total. The van der Waals surface area contributed by atoms with Gasteiger partial charge < -0.3 is 0 Å². The zero-order valence-electron chi connectivity index (χ0n) is 72.4. The molecule has 5 aromatic carbocycles. The standard InChI is InChI=1S/C108H152I2S4/c1-5-9-13-17-21-25-29-33-37-41-45-49-53-57-61-85-65-73-89(74-66-85)107(90-75-67-86(68-76-90)62-58-54-50-46-42-38-34-30-26-22-18-14-10-6-2)95-81-94-96(82-93(95)103-101(107)105-97(111-103)83-99(109)113-105)108(102-104(94)112-98-84-100(110)114-106(98)102,91-77-69-87(70-78-91)63-59-55-51-47-43-39-35-31-27-23-19-15-11-7-3)92-79-71-88(72-80-92)64-60-56-52-48-44-40-36-32-28-24-20-16-12-8-4/h65-84H,5-64H2,1-4H3. The van der Waals surface area contributed by atoms with Crippen LogP contribution in [-0.2, 0) is 36.5 Å². The van der Waals surface area contributed by atoms with Crippen molar-refractivity contribution in [3.63, 3.8) is 0 Å². The van der Waals surface area contributed by atoms with Gasteiger partial charge in [0, 0.05) is 30.3 Å². The molecule has 0 saturated carbocycles. The summed E-state index contributed by atoms with van der Waals surface area (Å²) >= 11 is 13.5. The van der Waals surface area contributed by atoms with Gasteiger partial charge in [0.15, 0.2) is 0 Å². The van der Waals surface area contributed by atoms with E-state index in [2.05, 4.69) is 217 Å². The normalized spacial score (nSPS) is 13.3. The van der Waals surface area contributed by atoms with Crippen LogP contribution in [0.1, 0.15) is 454 Å². The van der Waals surface area contributed by atoms with E-state index in [-0.39, 0.29) is 0 Å². The highest BCUT2D eigenvalue weighted by Gasteiger charge is 2.54. The number of benzene rings is 5. The summed E-state index contributed by atoms with van der Waals surface area (Å²) in [6, 6.07) is 51.9. The van der Waals surface area contributed by atoms with Crippen LogP contribution in [0.5, 0.6) is 0 Å². The van der Waals surface area contributed by atoms with E-state index in [1.165, 1.54) is 472 Å². The monoisotopic (exact) mass is 1830 g/mol. The van der Waals surface area contributed by atoms with Gasteiger partial charge in [0.25, 0.3) is 0 Å². The van der Waals surface area contributed by atoms with Crippen LogP contribution in [-0.4, -0.2) is 0 Å². The number of hydrogen-bond donors (Lipinski definition) is 0. The van der Waals surface area contributed by atoms with Gasteiger partial charge in [-0.15, -0.1) is 45.3 Å². The maximum atomic E-state index is 2.81. The summed E-state index contributed by atoms with van der Waals surface area (Å²) in [5.74, 6) is 0. The van der Waals surface area contributed by atoms with E-state index in [4.69, 9.17) is 0 Å². The van der Waals surface area contributed by atoms with Gasteiger partial charge in [-0.25, -0.2) is 0 Å². The molecule has 0 amide bonds. The molecule has 0 aliphatic heterocycles. The van der Waals surface area contributed by atoms with E-state index in [1.807, 2.05) is 22.7 Å². The Morgan fingerprint density at radius 2 is 0.404 bits per heavy atom. The molecule has 4 aromatic heterocycles. The molecule has 0 atom stereocenters. The molecule has 0 saturated heterocycles. The van der Waals surface area contributed by atoms with Crippen LogP contribution in [0.15, 0.2) is 121 Å². The highest BCUT2D eigenvalue weighted by Crippen LogP contribution is 2.68. The Labute approximate surface area is 740 Å². The van der Waals surface area contributed by atoms with E-state index in [1.54, 1.807) is 0 Å². The predicted molar refractivity (Wildman–Crippen MR) is 529 cm³/mol. The van der Waals surface area contributed by atoms with Crippen LogP contribution in [0.25, 0.3) is 39.7 Å². The van der Waals surface area contributed by atoms with E-state index in [0.717, 1.165) is 25.7 Å². The van der Waals surface area contributed by atoms with Gasteiger partial charge >= 0.3 is 0 Å². The number of aryl methyl sites for hydroxylation is 4. The van der Waals surface area contributed by atoms with Crippen molar-refractivity contribution in [2.24, 2.45) is 0 Å². The average molecular weight is 1830 g/mol. The molecule has 9 aromatic rings. The largest absolute Gasteiger partial charge is 0.134 e. The lowest BCUT2D eigenvalue weighted by Gasteiger charge is -2.36. The molecule has 0 spiro atoms. The van der Waals surface area contributed by atoms with Crippen LogP contribution in [0.2, 0.25) is 0 Å². The first-order valence-electron chi connectivity index (χ1n) is 48.3. The molecule has 622 valence electrons. The third-order valence-electron chi connectivity index (χ3n) is 26.7. The fourth-order valence-electron chi connectivity index (χ4n) is 20.0. The molecule has 11 rings (SSSR count). The second-order valence-corrected chi connectivity index (χ2v) is 43.7. The molecule has 0 radical (unpaired) electrons. The van der Waals surface area contributed by atoms with Crippen LogP contribution in [0, 0.1) is 5.77 Å². The Balaban J connectivity index is 0.889. The fraction of sp³-hybridized carbons (Fsp3) is 0.611. The lowest BCUT2D eigenvalue weighted by Crippen LogP contribution is -2.30. The molecular formula is C108H152I2S4. The second-order valence-electron chi connectivity index (χ2n) is 35.7. The van der Waals surface area contributed by atoms with Crippen molar-refractivity contribution in [3.8, 4) is 20.9 Å². The number of thiophene rings is 4. The Morgan fingerprint density at radius 3 is 0.596 bits per heavy atom. The van der Waals surface area contributed by atoms with Crippen molar-refractivity contribution in [2.45, 2.75) is 424 Å². The molecule has 114 heavy (non-hydrogen) atoms. The summed E-state index contributed by atoms with van der Waals surface area (Å²) in [4.78, 5) is 2.96. The Bertz CT molecular complexity index is 3680. The third-order valence-corrected chi connectivity index (χ3v) is 33.1. The first-order chi connectivity index (χ1) is 56.3. The molecule has 0 fully saturated rings. The van der Waals surface area contributed by atoms with Crippen molar-refractivity contribution in [1.82, 2.24) is 0 Å². The maximum Gasteiger partial charge on any atom is 0.0736 e. The molecule has 2 aliphatic carbocycles. The van der Waals surface area contributed by atoms with Gasteiger partial charge in [0.1, 0.15) is 0 Å². The van der Waals surface area contributed by atoms with Crippen LogP contribution in [0.3, 0.4) is 0 Å². The number of halogens is 2. The number of rotatable bonds is 64. The highest BCUT2D eigenvalue weighted by atomic mass is 127. The molecule has 2 aliphatic rings. The molecule has 0 unspecified atom stereocenters. The van der Waals surface area contributed by atoms with Crippen molar-refractivity contribution in [2.75, 3.05) is 0 Å². The van der Waals surface area contributed by atoms with Gasteiger partial charge in [-0.05, 0) is 188 Å². The van der Waals surface area contributed by atoms with E-state index < -0.39 is 10.8 Å². The van der Waals surface area contributed by atoms with Gasteiger partial charge in [-0.3, -0.25) is 0 Å². The lowest BCUT2D eigenvalue weighted by atomic mass is 9.65. The van der Waals surface area contributed by atoms with Crippen LogP contribution < -0.4 is 0 Å². The zero-order chi connectivity index (χ0) is 79.1. The number of unbranched alkanes of at least 4 members (excludes halogenated alkanes) is 52. The van der Waals surface area contributed by atoms with Crippen molar-refractivity contribution < 1.29 is 0 Å². The van der Waals surface area contributed by atoms with Gasteiger partial charge in [-0.2, -0.15) is 0 Å². The van der Waals surface area contributed by atoms with Gasteiger partial charge in [0.2, 0.25) is 0 Å². The average Bonchev–Trinajstić information content (AvgIpc) is 1.49. The van der Waals surface area contributed by atoms with Crippen molar-refractivity contribution >= 4 is 109 Å². The number of fused-ring (bicyclic) bond motifs is 10. The maximum absolute atomic E-state index is 2.81.